The number of rotatable bonds is 5. The van der Waals surface area contributed by atoms with Crippen LogP contribution in [0.2, 0.25) is 0 Å². The van der Waals surface area contributed by atoms with Gasteiger partial charge >= 0.3 is 0 Å². The smallest absolute Gasteiger partial charge is 0.255 e. The third-order valence-electron chi connectivity index (χ3n) is 3.65. The van der Waals surface area contributed by atoms with Gasteiger partial charge in [0.05, 0.1) is 6.26 Å². The first-order valence-electron chi connectivity index (χ1n) is 7.86. The fourth-order valence-corrected chi connectivity index (χ4v) is 2.35. The monoisotopic (exact) mass is 331 g/mol. The van der Waals surface area contributed by atoms with Gasteiger partial charge in [0.15, 0.2) is 5.78 Å². The van der Waals surface area contributed by atoms with E-state index in [1.807, 2.05) is 25.1 Å². The molecule has 0 saturated carbocycles. The van der Waals surface area contributed by atoms with Gasteiger partial charge in [0.1, 0.15) is 5.76 Å². The van der Waals surface area contributed by atoms with Crippen molar-refractivity contribution >= 4 is 23.5 Å². The number of nitrogens with one attached hydrogen (secondary N) is 1. The number of hydrogen-bond acceptors (Lipinski definition) is 3. The molecule has 1 amide bonds. The average molecular weight is 331 g/mol. The molecular formula is C21H17NO3. The van der Waals surface area contributed by atoms with Gasteiger partial charge in [-0.15, -0.1) is 0 Å². The van der Waals surface area contributed by atoms with E-state index in [1.165, 1.54) is 6.08 Å². The van der Waals surface area contributed by atoms with Crippen molar-refractivity contribution in [2.45, 2.75) is 6.92 Å². The Morgan fingerprint density at radius 1 is 0.960 bits per heavy atom. The lowest BCUT2D eigenvalue weighted by Gasteiger charge is -2.06. The normalized spacial score (nSPS) is 10.8. The summed E-state index contributed by atoms with van der Waals surface area (Å²) in [6, 6.07) is 17.7. The van der Waals surface area contributed by atoms with Gasteiger partial charge in [0, 0.05) is 16.8 Å². The minimum absolute atomic E-state index is 0.132. The maximum Gasteiger partial charge on any atom is 0.255 e. The predicted molar refractivity (Wildman–Crippen MR) is 97.6 cm³/mol. The Labute approximate surface area is 145 Å². The number of furan rings is 1. The maximum atomic E-state index is 12.2. The highest BCUT2D eigenvalue weighted by molar-refractivity contribution is 6.07. The Kier molecular flexibility index (Phi) is 4.90. The lowest BCUT2D eigenvalue weighted by atomic mass is 10.1. The second-order valence-electron chi connectivity index (χ2n) is 5.61. The zero-order valence-electron chi connectivity index (χ0n) is 13.7. The number of benzene rings is 2. The first kappa shape index (κ1) is 16.5. The summed E-state index contributed by atoms with van der Waals surface area (Å²) in [6.45, 7) is 1.94. The molecule has 0 spiro atoms. The molecule has 4 heteroatoms. The Hall–Kier alpha value is -3.40. The van der Waals surface area contributed by atoms with E-state index >= 15 is 0 Å². The van der Waals surface area contributed by atoms with Gasteiger partial charge in [-0.05, 0) is 67.6 Å². The van der Waals surface area contributed by atoms with Crippen molar-refractivity contribution in [2.24, 2.45) is 0 Å². The van der Waals surface area contributed by atoms with E-state index in [1.54, 1.807) is 54.8 Å². The molecule has 1 aromatic heterocycles. The van der Waals surface area contributed by atoms with Crippen LogP contribution in [0.25, 0.3) is 6.08 Å². The summed E-state index contributed by atoms with van der Waals surface area (Å²) in [4.78, 5) is 24.3. The SMILES string of the molecule is Cc1cccc(C(=O)Nc2ccc(C(=O)/C=C/c3ccco3)cc2)c1. The quantitative estimate of drug-likeness (QED) is 0.543. The molecule has 2 aromatic carbocycles. The maximum absolute atomic E-state index is 12.2. The predicted octanol–water partition coefficient (Wildman–Crippen LogP) is 4.74. The van der Waals surface area contributed by atoms with Crippen molar-refractivity contribution in [3.8, 4) is 0 Å². The Morgan fingerprint density at radius 3 is 2.44 bits per heavy atom. The number of ketones is 1. The molecule has 0 bridgehead atoms. The van der Waals surface area contributed by atoms with Crippen molar-refractivity contribution < 1.29 is 14.0 Å². The van der Waals surface area contributed by atoms with Crippen LogP contribution in [0.5, 0.6) is 0 Å². The molecular weight excluding hydrogens is 314 g/mol. The van der Waals surface area contributed by atoms with E-state index in [-0.39, 0.29) is 11.7 Å². The second kappa shape index (κ2) is 7.45. The molecule has 25 heavy (non-hydrogen) atoms. The number of allylic oxidation sites excluding steroid dienone is 1. The first-order chi connectivity index (χ1) is 12.1. The van der Waals surface area contributed by atoms with Crippen LogP contribution >= 0.6 is 0 Å². The second-order valence-corrected chi connectivity index (χ2v) is 5.61. The van der Waals surface area contributed by atoms with Crippen molar-refractivity contribution in [1.29, 1.82) is 0 Å². The lowest BCUT2D eigenvalue weighted by molar-refractivity contribution is 0.102. The molecule has 0 atom stereocenters. The minimum atomic E-state index is -0.180. The number of amides is 1. The topological polar surface area (TPSA) is 59.3 Å². The summed E-state index contributed by atoms with van der Waals surface area (Å²) < 4.78 is 5.15. The molecule has 0 aliphatic carbocycles. The molecule has 3 aromatic rings. The van der Waals surface area contributed by atoms with Gasteiger partial charge in [-0.2, -0.15) is 0 Å². The van der Waals surface area contributed by atoms with E-state index in [0.717, 1.165) is 5.56 Å². The van der Waals surface area contributed by atoms with Gasteiger partial charge in [-0.3, -0.25) is 9.59 Å². The summed E-state index contributed by atoms with van der Waals surface area (Å²) in [7, 11) is 0. The van der Waals surface area contributed by atoms with Crippen LogP contribution in [0.1, 0.15) is 32.0 Å². The van der Waals surface area contributed by atoms with Crippen LogP contribution < -0.4 is 5.32 Å². The molecule has 3 rings (SSSR count). The van der Waals surface area contributed by atoms with Gasteiger partial charge < -0.3 is 9.73 Å². The van der Waals surface area contributed by atoms with Gasteiger partial charge in [-0.1, -0.05) is 17.7 Å². The van der Waals surface area contributed by atoms with Crippen LogP contribution in [-0.4, -0.2) is 11.7 Å². The van der Waals surface area contributed by atoms with Gasteiger partial charge in [0.2, 0.25) is 0 Å². The van der Waals surface area contributed by atoms with Crippen LogP contribution in [0, 0.1) is 6.92 Å². The van der Waals surface area contributed by atoms with E-state index in [9.17, 15) is 9.59 Å². The molecule has 0 radical (unpaired) electrons. The highest BCUT2D eigenvalue weighted by atomic mass is 16.3. The van der Waals surface area contributed by atoms with E-state index < -0.39 is 0 Å². The Morgan fingerprint density at radius 2 is 1.76 bits per heavy atom. The standard InChI is InChI=1S/C21H17NO3/c1-15-4-2-5-17(14-15)21(24)22-18-9-7-16(8-10-18)20(23)12-11-19-6-3-13-25-19/h2-14H,1H3,(H,22,24)/b12-11+. The molecule has 0 unspecified atom stereocenters. The number of hydrogen-bond donors (Lipinski definition) is 1. The Balaban J connectivity index is 1.65. The number of aryl methyl sites for hydroxylation is 1. The molecule has 1 N–H and O–H groups in total. The summed E-state index contributed by atoms with van der Waals surface area (Å²) in [5.41, 5.74) is 2.80. The zero-order chi connectivity index (χ0) is 17.6. The summed E-state index contributed by atoms with van der Waals surface area (Å²) in [5.74, 6) is 0.309. The third-order valence-corrected chi connectivity index (χ3v) is 3.65. The molecule has 124 valence electrons. The lowest BCUT2D eigenvalue weighted by Crippen LogP contribution is -2.12. The highest BCUT2D eigenvalue weighted by Crippen LogP contribution is 2.13. The van der Waals surface area contributed by atoms with Crippen LogP contribution in [-0.2, 0) is 0 Å². The van der Waals surface area contributed by atoms with Crippen molar-refractivity contribution in [1.82, 2.24) is 0 Å². The summed E-state index contributed by atoms with van der Waals surface area (Å²) in [5, 5.41) is 2.82. The van der Waals surface area contributed by atoms with E-state index in [4.69, 9.17) is 4.42 Å². The first-order valence-corrected chi connectivity index (χ1v) is 7.86. The van der Waals surface area contributed by atoms with Crippen LogP contribution in [0.4, 0.5) is 5.69 Å². The van der Waals surface area contributed by atoms with E-state index in [0.29, 0.717) is 22.6 Å². The third kappa shape index (κ3) is 4.32. The fourth-order valence-electron chi connectivity index (χ4n) is 2.35. The van der Waals surface area contributed by atoms with Crippen LogP contribution in [0.3, 0.4) is 0 Å². The average Bonchev–Trinajstić information content (AvgIpc) is 3.14. The highest BCUT2D eigenvalue weighted by Gasteiger charge is 2.07. The van der Waals surface area contributed by atoms with Gasteiger partial charge in [0.25, 0.3) is 5.91 Å². The van der Waals surface area contributed by atoms with Gasteiger partial charge in [-0.25, -0.2) is 0 Å². The van der Waals surface area contributed by atoms with Crippen molar-refractivity contribution in [3.63, 3.8) is 0 Å². The summed E-state index contributed by atoms with van der Waals surface area (Å²) in [6.07, 6.45) is 4.63. The molecule has 4 nitrogen and oxygen atoms in total. The minimum Gasteiger partial charge on any atom is -0.465 e. The molecule has 0 fully saturated rings. The molecule has 1 heterocycles. The number of carbonyl (C=O) groups excluding carboxylic acids is 2. The zero-order valence-corrected chi connectivity index (χ0v) is 13.7. The summed E-state index contributed by atoms with van der Waals surface area (Å²) >= 11 is 0. The molecule has 0 aliphatic rings. The molecule has 0 saturated heterocycles. The Bertz CT molecular complexity index is 907. The fraction of sp³-hybridized carbons (Fsp3) is 0.0476. The molecule has 0 aliphatic heterocycles. The largest absolute Gasteiger partial charge is 0.465 e. The van der Waals surface area contributed by atoms with Crippen molar-refractivity contribution in [3.05, 3.63) is 95.5 Å². The van der Waals surface area contributed by atoms with E-state index in [2.05, 4.69) is 5.32 Å². The van der Waals surface area contributed by atoms with Crippen molar-refractivity contribution in [2.75, 3.05) is 5.32 Å². The van der Waals surface area contributed by atoms with Crippen LogP contribution in [0.15, 0.2) is 77.4 Å². The number of anilines is 1. The number of carbonyl (C=O) groups is 2.